The molecule has 0 aliphatic carbocycles. The highest BCUT2D eigenvalue weighted by molar-refractivity contribution is 6.42. The third-order valence-corrected chi connectivity index (χ3v) is 5.71. The number of carbonyl (C=O) groups is 4. The van der Waals surface area contributed by atoms with E-state index in [2.05, 4.69) is 10.7 Å². The predicted octanol–water partition coefficient (Wildman–Crippen LogP) is 3.98. The zero-order valence-corrected chi connectivity index (χ0v) is 19.2. The summed E-state index contributed by atoms with van der Waals surface area (Å²) < 4.78 is 5.00. The van der Waals surface area contributed by atoms with Gasteiger partial charge in [0.2, 0.25) is 5.91 Å². The van der Waals surface area contributed by atoms with Crippen LogP contribution in [-0.2, 0) is 19.1 Å². The lowest BCUT2D eigenvalue weighted by atomic mass is 10.1. The van der Waals surface area contributed by atoms with Crippen LogP contribution in [0.25, 0.3) is 0 Å². The molecule has 0 spiro atoms. The van der Waals surface area contributed by atoms with E-state index in [1.165, 1.54) is 36.4 Å². The largest absolute Gasteiger partial charge is 0.455 e. The van der Waals surface area contributed by atoms with Crippen LogP contribution in [0.5, 0.6) is 0 Å². The number of anilines is 1. The van der Waals surface area contributed by atoms with E-state index >= 15 is 0 Å². The molecular formula is C20H15Cl4N3O5. The SMILES string of the molecule is O=C(COC(=O)[C@@H]1CC(=O)N(NC(=O)c2ccc(Cl)cc2Cl)C1)Nc1ccc(Cl)c(Cl)c1. The van der Waals surface area contributed by atoms with E-state index in [1.54, 1.807) is 0 Å². The molecule has 1 aliphatic heterocycles. The van der Waals surface area contributed by atoms with Crippen molar-refractivity contribution in [1.82, 2.24) is 10.4 Å². The van der Waals surface area contributed by atoms with E-state index in [9.17, 15) is 19.2 Å². The Labute approximate surface area is 202 Å². The van der Waals surface area contributed by atoms with Gasteiger partial charge in [-0.15, -0.1) is 0 Å². The molecule has 3 rings (SSSR count). The van der Waals surface area contributed by atoms with E-state index in [0.29, 0.717) is 15.7 Å². The number of esters is 1. The van der Waals surface area contributed by atoms with E-state index in [4.69, 9.17) is 51.1 Å². The summed E-state index contributed by atoms with van der Waals surface area (Å²) in [6, 6.07) is 8.79. The number of hydrogen-bond acceptors (Lipinski definition) is 5. The molecule has 0 radical (unpaired) electrons. The van der Waals surface area contributed by atoms with Gasteiger partial charge in [0.25, 0.3) is 11.8 Å². The van der Waals surface area contributed by atoms with Crippen LogP contribution in [0.2, 0.25) is 20.1 Å². The lowest BCUT2D eigenvalue weighted by Crippen LogP contribution is -2.43. The molecule has 1 heterocycles. The molecular weight excluding hydrogens is 504 g/mol. The highest BCUT2D eigenvalue weighted by atomic mass is 35.5. The maximum absolute atomic E-state index is 12.4. The highest BCUT2D eigenvalue weighted by Crippen LogP contribution is 2.25. The number of amides is 3. The van der Waals surface area contributed by atoms with Crippen LogP contribution < -0.4 is 10.7 Å². The molecule has 1 saturated heterocycles. The Kier molecular flexibility index (Phi) is 7.84. The second-order valence-electron chi connectivity index (χ2n) is 6.76. The Morgan fingerprint density at radius 2 is 1.75 bits per heavy atom. The molecule has 1 fully saturated rings. The van der Waals surface area contributed by atoms with Crippen molar-refractivity contribution in [2.45, 2.75) is 6.42 Å². The third kappa shape index (κ3) is 6.04. The average Bonchev–Trinajstić information content (AvgIpc) is 3.09. The number of carbonyl (C=O) groups excluding carboxylic acids is 4. The van der Waals surface area contributed by atoms with E-state index < -0.39 is 36.2 Å². The highest BCUT2D eigenvalue weighted by Gasteiger charge is 2.37. The van der Waals surface area contributed by atoms with Crippen LogP contribution in [-0.4, -0.2) is 41.9 Å². The summed E-state index contributed by atoms with van der Waals surface area (Å²) in [5.74, 6) is -3.30. The average molecular weight is 519 g/mol. The minimum Gasteiger partial charge on any atom is -0.455 e. The van der Waals surface area contributed by atoms with Gasteiger partial charge in [0.05, 0.1) is 33.1 Å². The van der Waals surface area contributed by atoms with E-state index in [0.717, 1.165) is 5.01 Å². The first-order chi connectivity index (χ1) is 15.1. The maximum atomic E-state index is 12.4. The number of ether oxygens (including phenoxy) is 1. The van der Waals surface area contributed by atoms with Gasteiger partial charge < -0.3 is 10.1 Å². The number of benzene rings is 2. The molecule has 1 atom stereocenters. The van der Waals surface area contributed by atoms with E-state index in [-0.39, 0.29) is 28.6 Å². The van der Waals surface area contributed by atoms with Gasteiger partial charge in [0.1, 0.15) is 0 Å². The van der Waals surface area contributed by atoms with Gasteiger partial charge in [-0.3, -0.25) is 29.6 Å². The lowest BCUT2D eigenvalue weighted by Gasteiger charge is -2.18. The van der Waals surface area contributed by atoms with Crippen molar-refractivity contribution in [2.24, 2.45) is 5.92 Å². The van der Waals surface area contributed by atoms with Gasteiger partial charge in [-0.1, -0.05) is 46.4 Å². The fourth-order valence-corrected chi connectivity index (χ4v) is 3.65. The Balaban J connectivity index is 1.50. The second kappa shape index (κ2) is 10.4. The monoisotopic (exact) mass is 517 g/mol. The molecule has 0 aromatic heterocycles. The Hall–Kier alpha value is -2.52. The summed E-state index contributed by atoms with van der Waals surface area (Å²) in [5, 5.41) is 4.58. The number of nitrogens with one attached hydrogen (secondary N) is 2. The minimum absolute atomic E-state index is 0.108. The molecule has 3 amide bonds. The van der Waals surface area contributed by atoms with Gasteiger partial charge in [0, 0.05) is 17.1 Å². The molecule has 168 valence electrons. The molecule has 12 heteroatoms. The molecule has 8 nitrogen and oxygen atoms in total. The second-order valence-corrected chi connectivity index (χ2v) is 8.41. The predicted molar refractivity (Wildman–Crippen MR) is 120 cm³/mol. The van der Waals surface area contributed by atoms with Gasteiger partial charge in [-0.25, -0.2) is 0 Å². The van der Waals surface area contributed by atoms with Crippen molar-refractivity contribution in [2.75, 3.05) is 18.5 Å². The third-order valence-electron chi connectivity index (χ3n) is 4.42. The number of halogens is 4. The van der Waals surface area contributed by atoms with Gasteiger partial charge in [-0.2, -0.15) is 0 Å². The van der Waals surface area contributed by atoms with Crippen molar-refractivity contribution in [1.29, 1.82) is 0 Å². The summed E-state index contributed by atoms with van der Waals surface area (Å²) in [5.41, 5.74) is 2.90. The number of hydrogen-bond donors (Lipinski definition) is 2. The first-order valence-corrected chi connectivity index (χ1v) is 10.6. The fraction of sp³-hybridized carbons (Fsp3) is 0.200. The minimum atomic E-state index is -0.846. The molecule has 2 N–H and O–H groups in total. The molecule has 2 aromatic rings. The van der Waals surface area contributed by atoms with Crippen LogP contribution in [0, 0.1) is 5.92 Å². The van der Waals surface area contributed by atoms with Crippen molar-refractivity contribution in [3.05, 3.63) is 62.1 Å². The van der Waals surface area contributed by atoms with Crippen LogP contribution in [0.4, 0.5) is 5.69 Å². The molecule has 0 bridgehead atoms. The molecule has 0 saturated carbocycles. The number of hydrazine groups is 1. The normalized spacial score (nSPS) is 15.4. The summed E-state index contributed by atoms with van der Waals surface area (Å²) in [6.45, 7) is -0.667. The first kappa shape index (κ1) is 24.1. The smallest absolute Gasteiger partial charge is 0.311 e. The topological polar surface area (TPSA) is 105 Å². The molecule has 1 aliphatic rings. The Morgan fingerprint density at radius 3 is 2.44 bits per heavy atom. The number of rotatable bonds is 6. The van der Waals surface area contributed by atoms with Crippen molar-refractivity contribution < 1.29 is 23.9 Å². The van der Waals surface area contributed by atoms with Gasteiger partial charge in [-0.05, 0) is 36.4 Å². The van der Waals surface area contributed by atoms with Gasteiger partial charge in [0.15, 0.2) is 6.61 Å². The first-order valence-electron chi connectivity index (χ1n) is 9.12. The summed E-state index contributed by atoms with van der Waals surface area (Å²) >= 11 is 23.5. The van der Waals surface area contributed by atoms with Crippen molar-refractivity contribution >= 4 is 75.8 Å². The number of nitrogens with zero attached hydrogens (tertiary/aromatic N) is 1. The summed E-state index contributed by atoms with van der Waals surface area (Å²) in [4.78, 5) is 48.8. The van der Waals surface area contributed by atoms with Crippen LogP contribution in [0.3, 0.4) is 0 Å². The summed E-state index contributed by atoms with van der Waals surface area (Å²) in [7, 11) is 0. The zero-order chi connectivity index (χ0) is 23.4. The van der Waals surface area contributed by atoms with Gasteiger partial charge >= 0.3 is 5.97 Å². The summed E-state index contributed by atoms with van der Waals surface area (Å²) in [6.07, 6.45) is -0.179. The molecule has 0 unspecified atom stereocenters. The van der Waals surface area contributed by atoms with E-state index in [1.807, 2.05) is 0 Å². The van der Waals surface area contributed by atoms with Crippen LogP contribution >= 0.6 is 46.4 Å². The standard InChI is InChI=1S/C20H15Cl4N3O5/c21-11-1-3-13(15(23)6-11)19(30)26-27-8-10(5-18(27)29)20(31)32-9-17(28)25-12-2-4-14(22)16(24)7-12/h1-4,6-7,10H,5,8-9H2,(H,25,28)(H,26,30)/t10-/m1/s1. The Morgan fingerprint density at radius 1 is 1.00 bits per heavy atom. The van der Waals surface area contributed by atoms with Crippen LogP contribution in [0.15, 0.2) is 36.4 Å². The van der Waals surface area contributed by atoms with Crippen molar-refractivity contribution in [3.63, 3.8) is 0 Å². The lowest BCUT2D eigenvalue weighted by molar-refractivity contribution is -0.151. The zero-order valence-electron chi connectivity index (χ0n) is 16.2. The fourth-order valence-electron chi connectivity index (χ4n) is 2.86. The van der Waals surface area contributed by atoms with Crippen LogP contribution in [0.1, 0.15) is 16.8 Å². The maximum Gasteiger partial charge on any atom is 0.311 e. The molecule has 2 aromatic carbocycles. The quantitative estimate of drug-likeness (QED) is 0.563. The molecule has 32 heavy (non-hydrogen) atoms. The Bertz CT molecular complexity index is 1090. The van der Waals surface area contributed by atoms with Crippen molar-refractivity contribution in [3.8, 4) is 0 Å².